The lowest BCUT2D eigenvalue weighted by Crippen LogP contribution is -2.36. The summed E-state index contributed by atoms with van der Waals surface area (Å²) in [6.07, 6.45) is 3.95. The summed E-state index contributed by atoms with van der Waals surface area (Å²) in [6.45, 7) is 4.44. The molecule has 7 heteroatoms. The van der Waals surface area contributed by atoms with Crippen LogP contribution in [0.2, 0.25) is 0 Å². The van der Waals surface area contributed by atoms with Gasteiger partial charge < -0.3 is 10.1 Å². The number of alkyl carbamates (subject to hydrolysis) is 1. The van der Waals surface area contributed by atoms with Crippen molar-refractivity contribution < 1.29 is 22.5 Å². The molecule has 2 aliphatic rings. The lowest BCUT2D eigenvalue weighted by molar-refractivity contribution is 0.0232. The molecular formula is C14H25NO5S. The van der Waals surface area contributed by atoms with E-state index in [0.717, 1.165) is 18.8 Å². The minimum Gasteiger partial charge on any atom is -0.443 e. The van der Waals surface area contributed by atoms with Crippen LogP contribution in [0.1, 0.15) is 46.0 Å². The Balaban J connectivity index is 1.71. The fraction of sp³-hybridized carbons (Fsp3) is 0.929. The van der Waals surface area contributed by atoms with Crippen LogP contribution in [-0.4, -0.2) is 37.0 Å². The van der Waals surface area contributed by atoms with Gasteiger partial charge in [-0.05, 0) is 56.8 Å². The third-order valence-electron chi connectivity index (χ3n) is 4.65. The smallest absolute Gasteiger partial charge is 0.407 e. The largest absolute Gasteiger partial charge is 0.443 e. The molecule has 0 bridgehead atoms. The van der Waals surface area contributed by atoms with E-state index in [2.05, 4.69) is 12.2 Å². The molecule has 0 heterocycles. The Hall–Kier alpha value is -0.820. The second kappa shape index (κ2) is 6.12. The third kappa shape index (κ3) is 4.85. The maximum Gasteiger partial charge on any atom is 0.407 e. The van der Waals surface area contributed by atoms with Gasteiger partial charge >= 0.3 is 6.09 Å². The van der Waals surface area contributed by atoms with Crippen LogP contribution in [0.15, 0.2) is 0 Å². The zero-order chi connectivity index (χ0) is 15.7. The van der Waals surface area contributed by atoms with E-state index >= 15 is 0 Å². The van der Waals surface area contributed by atoms with Gasteiger partial charge in [0.1, 0.15) is 5.60 Å². The van der Waals surface area contributed by atoms with Crippen molar-refractivity contribution in [3.05, 3.63) is 0 Å². The molecule has 2 fully saturated rings. The van der Waals surface area contributed by atoms with Crippen LogP contribution in [0.3, 0.4) is 0 Å². The lowest BCUT2D eigenvalue weighted by Gasteiger charge is -2.26. The highest BCUT2D eigenvalue weighted by atomic mass is 32.2. The molecular weight excluding hydrogens is 294 g/mol. The van der Waals surface area contributed by atoms with E-state index in [0.29, 0.717) is 11.8 Å². The third-order valence-corrected chi connectivity index (χ3v) is 5.46. The second-order valence-corrected chi connectivity index (χ2v) is 8.48. The van der Waals surface area contributed by atoms with Gasteiger partial charge in [-0.2, -0.15) is 8.42 Å². The first-order valence-electron chi connectivity index (χ1n) is 7.59. The number of amides is 1. The fourth-order valence-corrected chi connectivity index (χ4v) is 4.50. The molecule has 2 saturated carbocycles. The number of rotatable bonds is 5. The fourth-order valence-electron chi connectivity index (χ4n) is 4.00. The summed E-state index contributed by atoms with van der Waals surface area (Å²) in [5.41, 5.74) is -0.400. The predicted molar refractivity (Wildman–Crippen MR) is 78.5 cm³/mol. The van der Waals surface area contributed by atoms with Gasteiger partial charge in [-0.3, -0.25) is 4.55 Å². The number of hydrogen-bond acceptors (Lipinski definition) is 4. The molecule has 6 nitrogen and oxygen atoms in total. The molecule has 1 amide bonds. The monoisotopic (exact) mass is 319 g/mol. The van der Waals surface area contributed by atoms with Gasteiger partial charge in [0, 0.05) is 6.54 Å². The molecule has 2 rings (SSSR count). The van der Waals surface area contributed by atoms with E-state index in [1.807, 2.05) is 6.92 Å². The molecule has 2 aliphatic carbocycles. The van der Waals surface area contributed by atoms with Gasteiger partial charge in [0.25, 0.3) is 10.1 Å². The van der Waals surface area contributed by atoms with E-state index in [1.54, 1.807) is 0 Å². The van der Waals surface area contributed by atoms with Crippen molar-refractivity contribution >= 4 is 16.2 Å². The van der Waals surface area contributed by atoms with Crippen LogP contribution in [0.5, 0.6) is 0 Å². The number of carbonyl (C=O) groups excluding carboxylic acids is 1. The van der Waals surface area contributed by atoms with Crippen LogP contribution in [0, 0.1) is 17.8 Å². The summed E-state index contributed by atoms with van der Waals surface area (Å²) in [4.78, 5) is 11.8. The Kier molecular flexibility index (Phi) is 4.82. The Labute approximate surface area is 126 Å². The van der Waals surface area contributed by atoms with Gasteiger partial charge in [0.05, 0.1) is 5.75 Å². The van der Waals surface area contributed by atoms with E-state index in [-0.39, 0.29) is 18.7 Å². The van der Waals surface area contributed by atoms with Gasteiger partial charge in [0.15, 0.2) is 0 Å². The second-order valence-electron chi connectivity index (χ2n) is 6.91. The first-order valence-corrected chi connectivity index (χ1v) is 9.20. The van der Waals surface area contributed by atoms with Crippen molar-refractivity contribution in [2.75, 3.05) is 12.3 Å². The van der Waals surface area contributed by atoms with E-state index in [9.17, 15) is 13.2 Å². The Morgan fingerprint density at radius 3 is 2.43 bits per heavy atom. The predicted octanol–water partition coefficient (Wildman–Crippen LogP) is 2.21. The summed E-state index contributed by atoms with van der Waals surface area (Å²) in [6, 6.07) is 0. The van der Waals surface area contributed by atoms with Crippen molar-refractivity contribution in [2.45, 2.75) is 51.6 Å². The Morgan fingerprint density at radius 2 is 1.90 bits per heavy atom. The quantitative estimate of drug-likeness (QED) is 0.598. The Morgan fingerprint density at radius 1 is 1.33 bits per heavy atom. The molecule has 0 aliphatic heterocycles. The average molecular weight is 319 g/mol. The van der Waals surface area contributed by atoms with Crippen molar-refractivity contribution in [1.82, 2.24) is 5.32 Å². The van der Waals surface area contributed by atoms with Crippen LogP contribution in [-0.2, 0) is 14.9 Å². The van der Waals surface area contributed by atoms with Gasteiger partial charge in [0.2, 0.25) is 0 Å². The first kappa shape index (κ1) is 16.5. The molecule has 0 saturated heterocycles. The van der Waals surface area contributed by atoms with Crippen LogP contribution < -0.4 is 5.32 Å². The highest BCUT2D eigenvalue weighted by molar-refractivity contribution is 7.85. The minimum absolute atomic E-state index is 0.174. The molecule has 2 atom stereocenters. The minimum atomic E-state index is -3.96. The molecule has 0 radical (unpaired) electrons. The van der Waals surface area contributed by atoms with Crippen LogP contribution in [0.4, 0.5) is 4.79 Å². The number of ether oxygens (including phenoxy) is 1. The van der Waals surface area contributed by atoms with Gasteiger partial charge in [-0.1, -0.05) is 6.92 Å². The van der Waals surface area contributed by atoms with Crippen LogP contribution in [0.25, 0.3) is 0 Å². The SMILES string of the molecule is CC1CC2CC(C)(OC(=O)NCCCS(=O)(=O)O)CC2C1. The summed E-state index contributed by atoms with van der Waals surface area (Å²) < 4.78 is 35.2. The van der Waals surface area contributed by atoms with Gasteiger partial charge in [-0.15, -0.1) is 0 Å². The van der Waals surface area contributed by atoms with Crippen molar-refractivity contribution in [1.29, 1.82) is 0 Å². The molecule has 2 unspecified atom stereocenters. The maximum atomic E-state index is 11.8. The highest BCUT2D eigenvalue weighted by Crippen LogP contribution is 2.51. The zero-order valence-corrected chi connectivity index (χ0v) is 13.5. The Bertz CT molecular complexity index is 476. The highest BCUT2D eigenvalue weighted by Gasteiger charge is 2.48. The van der Waals surface area contributed by atoms with Gasteiger partial charge in [-0.25, -0.2) is 4.79 Å². The van der Waals surface area contributed by atoms with E-state index in [1.165, 1.54) is 12.8 Å². The summed E-state index contributed by atoms with van der Waals surface area (Å²) in [7, 11) is -3.96. The summed E-state index contributed by atoms with van der Waals surface area (Å²) >= 11 is 0. The number of nitrogens with one attached hydrogen (secondary N) is 1. The maximum absolute atomic E-state index is 11.8. The molecule has 0 spiro atoms. The lowest BCUT2D eigenvalue weighted by atomic mass is 9.97. The molecule has 2 N–H and O–H groups in total. The van der Waals surface area contributed by atoms with Crippen LogP contribution >= 0.6 is 0 Å². The average Bonchev–Trinajstić information content (AvgIpc) is 2.75. The van der Waals surface area contributed by atoms with E-state index < -0.39 is 21.8 Å². The summed E-state index contributed by atoms with van der Waals surface area (Å²) in [5.74, 6) is 1.75. The molecule has 0 aromatic rings. The zero-order valence-electron chi connectivity index (χ0n) is 12.7. The summed E-state index contributed by atoms with van der Waals surface area (Å²) in [5, 5.41) is 2.55. The number of fused-ring (bicyclic) bond motifs is 1. The normalized spacial score (nSPS) is 35.5. The molecule has 122 valence electrons. The molecule has 0 aromatic carbocycles. The van der Waals surface area contributed by atoms with Crippen molar-refractivity contribution in [3.8, 4) is 0 Å². The number of carbonyl (C=O) groups is 1. The standard InChI is InChI=1S/C14H25NO5S/c1-10-6-11-8-14(2,9-12(11)7-10)20-13(16)15-4-3-5-21(17,18)19/h10-12H,3-9H2,1-2H3,(H,15,16)(H,17,18,19). The topological polar surface area (TPSA) is 92.7 Å². The van der Waals surface area contributed by atoms with Crippen molar-refractivity contribution in [3.63, 3.8) is 0 Å². The first-order chi connectivity index (χ1) is 9.67. The number of hydrogen-bond donors (Lipinski definition) is 2. The molecule has 0 aromatic heterocycles. The van der Waals surface area contributed by atoms with Crippen molar-refractivity contribution in [2.24, 2.45) is 17.8 Å². The molecule has 21 heavy (non-hydrogen) atoms. The van der Waals surface area contributed by atoms with E-state index in [4.69, 9.17) is 9.29 Å².